The van der Waals surface area contributed by atoms with Crippen LogP contribution in [0.5, 0.6) is 0 Å². The molecule has 4 amide bonds. The Kier molecular flexibility index (Phi) is 5.69. The summed E-state index contributed by atoms with van der Waals surface area (Å²) in [6.45, 7) is 5.09. The van der Waals surface area contributed by atoms with Crippen LogP contribution in [0.3, 0.4) is 0 Å². The standard InChI is InChI=1S/C17H27N3O5/c1-10(2)13(14(22)25-4)18-12(21)9-20-15(23)17(19-16(20)24)8-6-5-7-11(17)3/h10-11,13H,5-9H2,1-4H3,(H,18,21)(H,19,24). The van der Waals surface area contributed by atoms with Gasteiger partial charge in [-0.3, -0.25) is 14.5 Å². The fraction of sp³-hybridized carbons (Fsp3) is 0.765. The summed E-state index contributed by atoms with van der Waals surface area (Å²) in [4.78, 5) is 50.1. The van der Waals surface area contributed by atoms with Crippen LogP contribution in [-0.4, -0.2) is 54.0 Å². The molecule has 1 aliphatic heterocycles. The van der Waals surface area contributed by atoms with E-state index in [1.807, 2.05) is 6.92 Å². The van der Waals surface area contributed by atoms with Crippen LogP contribution < -0.4 is 10.6 Å². The number of methoxy groups -OCH3 is 1. The van der Waals surface area contributed by atoms with Gasteiger partial charge >= 0.3 is 12.0 Å². The van der Waals surface area contributed by atoms with E-state index in [2.05, 4.69) is 15.4 Å². The van der Waals surface area contributed by atoms with Crippen LogP contribution in [0.2, 0.25) is 0 Å². The van der Waals surface area contributed by atoms with Gasteiger partial charge < -0.3 is 15.4 Å². The van der Waals surface area contributed by atoms with Crippen molar-refractivity contribution < 1.29 is 23.9 Å². The van der Waals surface area contributed by atoms with Crippen LogP contribution in [0.15, 0.2) is 0 Å². The zero-order valence-electron chi connectivity index (χ0n) is 15.3. The minimum Gasteiger partial charge on any atom is -0.467 e. The lowest BCUT2D eigenvalue weighted by Gasteiger charge is -2.36. The van der Waals surface area contributed by atoms with Crippen molar-refractivity contribution in [2.75, 3.05) is 13.7 Å². The van der Waals surface area contributed by atoms with E-state index >= 15 is 0 Å². The highest BCUT2D eigenvalue weighted by atomic mass is 16.5. The molecule has 3 atom stereocenters. The minimum atomic E-state index is -0.893. The van der Waals surface area contributed by atoms with Gasteiger partial charge in [-0.1, -0.05) is 33.6 Å². The Labute approximate surface area is 147 Å². The highest BCUT2D eigenvalue weighted by Gasteiger charge is 2.55. The maximum absolute atomic E-state index is 12.8. The molecule has 0 radical (unpaired) electrons. The van der Waals surface area contributed by atoms with Crippen LogP contribution in [0, 0.1) is 11.8 Å². The van der Waals surface area contributed by atoms with Gasteiger partial charge in [-0.2, -0.15) is 0 Å². The van der Waals surface area contributed by atoms with Crippen LogP contribution >= 0.6 is 0 Å². The lowest BCUT2D eigenvalue weighted by molar-refractivity contribution is -0.146. The van der Waals surface area contributed by atoms with Crippen molar-refractivity contribution in [1.29, 1.82) is 0 Å². The zero-order valence-corrected chi connectivity index (χ0v) is 15.3. The molecule has 0 aromatic rings. The van der Waals surface area contributed by atoms with Gasteiger partial charge in [0.15, 0.2) is 0 Å². The summed E-state index contributed by atoms with van der Waals surface area (Å²) in [5.74, 6) is -1.61. The first-order valence-corrected chi connectivity index (χ1v) is 8.74. The molecule has 0 aromatic carbocycles. The van der Waals surface area contributed by atoms with Gasteiger partial charge in [0.25, 0.3) is 5.91 Å². The molecule has 0 aromatic heterocycles. The third-order valence-corrected chi connectivity index (χ3v) is 5.24. The number of ether oxygens (including phenoxy) is 1. The molecule has 1 spiro atoms. The summed E-state index contributed by atoms with van der Waals surface area (Å²) in [7, 11) is 1.25. The predicted octanol–water partition coefficient (Wildman–Crippen LogP) is 0.801. The molecule has 1 saturated heterocycles. The molecule has 8 nitrogen and oxygen atoms in total. The number of amides is 4. The molecular formula is C17H27N3O5. The second-order valence-corrected chi connectivity index (χ2v) is 7.25. The molecular weight excluding hydrogens is 326 g/mol. The number of carbonyl (C=O) groups excluding carboxylic acids is 4. The molecule has 3 unspecified atom stereocenters. The van der Waals surface area contributed by atoms with Crippen molar-refractivity contribution in [2.24, 2.45) is 11.8 Å². The van der Waals surface area contributed by atoms with E-state index in [4.69, 9.17) is 0 Å². The Morgan fingerprint density at radius 3 is 2.60 bits per heavy atom. The molecule has 2 aliphatic rings. The molecule has 2 fully saturated rings. The average molecular weight is 353 g/mol. The molecule has 8 heteroatoms. The van der Waals surface area contributed by atoms with Gasteiger partial charge in [0.1, 0.15) is 18.1 Å². The van der Waals surface area contributed by atoms with Crippen molar-refractivity contribution >= 4 is 23.8 Å². The molecule has 1 heterocycles. The number of nitrogens with one attached hydrogen (secondary N) is 2. The number of hydrogen-bond acceptors (Lipinski definition) is 5. The topological polar surface area (TPSA) is 105 Å². The normalized spacial score (nSPS) is 27.4. The first kappa shape index (κ1) is 19.2. The van der Waals surface area contributed by atoms with Crippen molar-refractivity contribution in [3.8, 4) is 0 Å². The third kappa shape index (κ3) is 3.62. The van der Waals surface area contributed by atoms with E-state index < -0.39 is 36.0 Å². The summed E-state index contributed by atoms with van der Waals surface area (Å²) in [5, 5.41) is 5.35. The van der Waals surface area contributed by atoms with E-state index in [0.717, 1.165) is 24.2 Å². The number of urea groups is 1. The Bertz CT molecular complexity index is 577. The van der Waals surface area contributed by atoms with Gasteiger partial charge in [0.2, 0.25) is 5.91 Å². The zero-order chi connectivity index (χ0) is 18.8. The van der Waals surface area contributed by atoms with Crippen LogP contribution in [0.4, 0.5) is 4.79 Å². The van der Waals surface area contributed by atoms with Crippen molar-refractivity contribution in [3.05, 3.63) is 0 Å². The minimum absolute atomic E-state index is 0.0317. The molecule has 0 bridgehead atoms. The molecule has 140 valence electrons. The van der Waals surface area contributed by atoms with Gasteiger partial charge in [-0.05, 0) is 24.7 Å². The molecule has 1 saturated carbocycles. The Morgan fingerprint density at radius 1 is 1.36 bits per heavy atom. The summed E-state index contributed by atoms with van der Waals surface area (Å²) < 4.78 is 4.68. The van der Waals surface area contributed by atoms with Crippen molar-refractivity contribution in [3.63, 3.8) is 0 Å². The second kappa shape index (κ2) is 7.41. The summed E-state index contributed by atoms with van der Waals surface area (Å²) in [6, 6.07) is -1.37. The lowest BCUT2D eigenvalue weighted by Crippen LogP contribution is -2.54. The smallest absolute Gasteiger partial charge is 0.328 e. The lowest BCUT2D eigenvalue weighted by atomic mass is 9.73. The van der Waals surface area contributed by atoms with E-state index in [1.54, 1.807) is 13.8 Å². The van der Waals surface area contributed by atoms with E-state index in [0.29, 0.717) is 6.42 Å². The Balaban J connectivity index is 2.07. The summed E-state index contributed by atoms with van der Waals surface area (Å²) >= 11 is 0. The first-order chi connectivity index (χ1) is 11.7. The first-order valence-electron chi connectivity index (χ1n) is 8.74. The quantitative estimate of drug-likeness (QED) is 0.562. The number of esters is 1. The molecule has 1 aliphatic carbocycles. The van der Waals surface area contributed by atoms with Gasteiger partial charge in [0.05, 0.1) is 7.11 Å². The van der Waals surface area contributed by atoms with Crippen molar-refractivity contribution in [1.82, 2.24) is 15.5 Å². The number of imide groups is 1. The third-order valence-electron chi connectivity index (χ3n) is 5.24. The molecule has 2 N–H and O–H groups in total. The Morgan fingerprint density at radius 2 is 2.04 bits per heavy atom. The van der Waals surface area contributed by atoms with E-state index in [-0.39, 0.29) is 17.7 Å². The van der Waals surface area contributed by atoms with E-state index in [9.17, 15) is 19.2 Å². The average Bonchev–Trinajstić information content (AvgIpc) is 2.79. The SMILES string of the molecule is COC(=O)C(NC(=O)CN1C(=O)NC2(CCCCC2C)C1=O)C(C)C. The maximum atomic E-state index is 12.8. The largest absolute Gasteiger partial charge is 0.467 e. The molecule has 25 heavy (non-hydrogen) atoms. The Hall–Kier alpha value is -2.12. The summed E-state index contributed by atoms with van der Waals surface area (Å²) in [6.07, 6.45) is 3.35. The van der Waals surface area contributed by atoms with Crippen LogP contribution in [0.1, 0.15) is 46.5 Å². The maximum Gasteiger partial charge on any atom is 0.328 e. The fourth-order valence-electron chi connectivity index (χ4n) is 3.63. The van der Waals surface area contributed by atoms with Crippen LogP contribution in [0.25, 0.3) is 0 Å². The molecule has 2 rings (SSSR count). The van der Waals surface area contributed by atoms with Crippen molar-refractivity contribution in [2.45, 2.75) is 58.0 Å². The monoisotopic (exact) mass is 353 g/mol. The number of carbonyl (C=O) groups is 4. The summed E-state index contributed by atoms with van der Waals surface area (Å²) in [5.41, 5.74) is -0.893. The second-order valence-electron chi connectivity index (χ2n) is 7.25. The van der Waals surface area contributed by atoms with Crippen LogP contribution in [-0.2, 0) is 19.1 Å². The number of hydrogen-bond donors (Lipinski definition) is 2. The van der Waals surface area contributed by atoms with E-state index in [1.165, 1.54) is 7.11 Å². The number of nitrogens with zero attached hydrogens (tertiary/aromatic N) is 1. The van der Waals surface area contributed by atoms with Gasteiger partial charge in [-0.15, -0.1) is 0 Å². The predicted molar refractivity (Wildman–Crippen MR) is 89.4 cm³/mol. The van der Waals surface area contributed by atoms with Gasteiger partial charge in [-0.25, -0.2) is 9.59 Å². The van der Waals surface area contributed by atoms with Gasteiger partial charge in [0, 0.05) is 0 Å². The highest BCUT2D eigenvalue weighted by molar-refractivity contribution is 6.09. The fourth-order valence-corrected chi connectivity index (χ4v) is 3.63. The number of rotatable bonds is 5. The highest BCUT2D eigenvalue weighted by Crippen LogP contribution is 2.38.